The lowest BCUT2D eigenvalue weighted by molar-refractivity contribution is 0.827. The van der Waals surface area contributed by atoms with Gasteiger partial charge in [-0.3, -0.25) is 0 Å². The van der Waals surface area contributed by atoms with Gasteiger partial charge in [0, 0.05) is 45.4 Å². The molecule has 0 aliphatic rings. The van der Waals surface area contributed by atoms with Gasteiger partial charge in [0.15, 0.2) is 0 Å². The largest absolute Gasteiger partial charge is 0.341 e. The molecular weight excluding hydrogens is 605 g/mol. The van der Waals surface area contributed by atoms with Crippen molar-refractivity contribution in [3.05, 3.63) is 188 Å². The summed E-state index contributed by atoms with van der Waals surface area (Å²) in [5, 5.41) is 5.13. The zero-order valence-electron chi connectivity index (χ0n) is 28.0. The second-order valence-electron chi connectivity index (χ2n) is 12.8. The molecule has 0 bridgehead atoms. The van der Waals surface area contributed by atoms with Crippen LogP contribution in [-0.2, 0) is 6.54 Å². The van der Waals surface area contributed by atoms with Crippen molar-refractivity contribution in [3.8, 4) is 33.4 Å². The highest BCUT2D eigenvalue weighted by Crippen LogP contribution is 2.40. The number of rotatable bonds is 7. The highest BCUT2D eigenvalue weighted by Gasteiger charge is 2.16. The number of aromatic nitrogens is 1. The lowest BCUT2D eigenvalue weighted by atomic mass is 9.91. The number of anilines is 3. The Hall–Kier alpha value is -6.38. The molecule has 0 saturated carbocycles. The van der Waals surface area contributed by atoms with Crippen LogP contribution in [0.15, 0.2) is 188 Å². The Labute approximate surface area is 293 Å². The molecule has 50 heavy (non-hydrogen) atoms. The van der Waals surface area contributed by atoms with Gasteiger partial charge in [-0.05, 0) is 106 Å². The number of hydrogen-bond acceptors (Lipinski definition) is 1. The molecule has 0 unspecified atom stereocenters. The van der Waals surface area contributed by atoms with E-state index in [0.717, 1.165) is 23.6 Å². The quantitative estimate of drug-likeness (QED) is 0.168. The van der Waals surface area contributed by atoms with Crippen LogP contribution in [-0.4, -0.2) is 4.57 Å². The van der Waals surface area contributed by atoms with Crippen LogP contribution < -0.4 is 4.90 Å². The molecule has 9 aromatic rings. The zero-order valence-corrected chi connectivity index (χ0v) is 28.0. The van der Waals surface area contributed by atoms with E-state index in [1.54, 1.807) is 0 Å². The van der Waals surface area contributed by atoms with Crippen molar-refractivity contribution in [3.63, 3.8) is 0 Å². The van der Waals surface area contributed by atoms with Gasteiger partial charge in [-0.2, -0.15) is 0 Å². The van der Waals surface area contributed by atoms with E-state index in [1.807, 2.05) is 0 Å². The van der Waals surface area contributed by atoms with Crippen molar-refractivity contribution in [2.75, 3.05) is 4.90 Å². The van der Waals surface area contributed by atoms with Gasteiger partial charge < -0.3 is 9.47 Å². The molecule has 2 heteroatoms. The third kappa shape index (κ3) is 5.14. The molecule has 0 amide bonds. The lowest BCUT2D eigenvalue weighted by Crippen LogP contribution is -2.09. The van der Waals surface area contributed by atoms with Crippen LogP contribution in [0.25, 0.3) is 66.0 Å². The van der Waals surface area contributed by atoms with Crippen LogP contribution in [0.2, 0.25) is 0 Å². The summed E-state index contributed by atoms with van der Waals surface area (Å²) in [5.41, 5.74) is 13.3. The van der Waals surface area contributed by atoms with E-state index in [4.69, 9.17) is 0 Å². The molecule has 0 aliphatic carbocycles. The number of nitrogens with zero attached hydrogens (tertiary/aromatic N) is 2. The molecule has 1 heterocycles. The first-order valence-electron chi connectivity index (χ1n) is 17.4. The molecular formula is C48H36N2. The van der Waals surface area contributed by atoms with Gasteiger partial charge in [-0.25, -0.2) is 0 Å². The maximum Gasteiger partial charge on any atom is 0.0491 e. The summed E-state index contributed by atoms with van der Waals surface area (Å²) >= 11 is 0. The van der Waals surface area contributed by atoms with E-state index in [2.05, 4.69) is 204 Å². The fourth-order valence-electron chi connectivity index (χ4n) is 7.61. The summed E-state index contributed by atoms with van der Waals surface area (Å²) in [7, 11) is 0. The maximum absolute atomic E-state index is 2.41. The topological polar surface area (TPSA) is 8.17 Å². The Balaban J connectivity index is 1.10. The van der Waals surface area contributed by atoms with Crippen molar-refractivity contribution in [1.29, 1.82) is 0 Å². The van der Waals surface area contributed by atoms with E-state index < -0.39 is 0 Å². The van der Waals surface area contributed by atoms with E-state index in [-0.39, 0.29) is 0 Å². The maximum atomic E-state index is 2.41. The number of benzene rings is 8. The normalized spacial score (nSPS) is 11.4. The van der Waals surface area contributed by atoms with E-state index in [1.165, 1.54) is 66.0 Å². The van der Waals surface area contributed by atoms with Gasteiger partial charge in [-0.15, -0.1) is 0 Å². The standard InChI is InChI=1S/C48H36N2/c1-2-49-47-20-12-11-19-45(47)46-33-37(25-32-48(46)49)42-31-30-41(43-17-9-10-18-44(42)43)36-23-28-40(29-24-36)50(38-15-7-4-8-16-38)39-26-21-35(22-27-39)34-13-5-3-6-14-34/h3-33H,2H2,1H3. The van der Waals surface area contributed by atoms with Crippen LogP contribution in [0.1, 0.15) is 6.92 Å². The van der Waals surface area contributed by atoms with Crippen molar-refractivity contribution < 1.29 is 0 Å². The molecule has 8 aromatic carbocycles. The van der Waals surface area contributed by atoms with Crippen LogP contribution in [0.4, 0.5) is 17.1 Å². The van der Waals surface area contributed by atoms with Crippen LogP contribution >= 0.6 is 0 Å². The Morgan fingerprint density at radius 1 is 0.360 bits per heavy atom. The number of para-hydroxylation sites is 2. The van der Waals surface area contributed by atoms with Gasteiger partial charge >= 0.3 is 0 Å². The highest BCUT2D eigenvalue weighted by molar-refractivity contribution is 6.11. The number of aryl methyl sites for hydroxylation is 1. The summed E-state index contributed by atoms with van der Waals surface area (Å²) in [4.78, 5) is 2.32. The molecule has 0 N–H and O–H groups in total. The minimum absolute atomic E-state index is 0.948. The average Bonchev–Trinajstić information content (AvgIpc) is 3.52. The second kappa shape index (κ2) is 12.6. The van der Waals surface area contributed by atoms with Gasteiger partial charge in [0.05, 0.1) is 0 Å². The minimum Gasteiger partial charge on any atom is -0.341 e. The first-order chi connectivity index (χ1) is 24.8. The Morgan fingerprint density at radius 3 is 1.46 bits per heavy atom. The predicted molar refractivity (Wildman–Crippen MR) is 214 cm³/mol. The third-order valence-corrected chi connectivity index (χ3v) is 10.0. The van der Waals surface area contributed by atoms with Crippen LogP contribution in [0.5, 0.6) is 0 Å². The Bertz CT molecular complexity index is 2600. The molecule has 238 valence electrons. The highest BCUT2D eigenvalue weighted by atomic mass is 15.1. The predicted octanol–water partition coefficient (Wildman–Crippen LogP) is 13.4. The van der Waals surface area contributed by atoms with E-state index in [9.17, 15) is 0 Å². The minimum atomic E-state index is 0.948. The monoisotopic (exact) mass is 640 g/mol. The molecule has 2 nitrogen and oxygen atoms in total. The fraction of sp³-hybridized carbons (Fsp3) is 0.0417. The van der Waals surface area contributed by atoms with Crippen LogP contribution in [0, 0.1) is 0 Å². The summed E-state index contributed by atoms with van der Waals surface area (Å²) in [5.74, 6) is 0. The molecule has 0 spiro atoms. The van der Waals surface area contributed by atoms with Gasteiger partial charge in [0.25, 0.3) is 0 Å². The third-order valence-electron chi connectivity index (χ3n) is 10.0. The number of hydrogen-bond donors (Lipinski definition) is 0. The van der Waals surface area contributed by atoms with Gasteiger partial charge in [-0.1, -0.05) is 133 Å². The average molecular weight is 641 g/mol. The van der Waals surface area contributed by atoms with Crippen LogP contribution in [0.3, 0.4) is 0 Å². The van der Waals surface area contributed by atoms with Gasteiger partial charge in [0.1, 0.15) is 0 Å². The van der Waals surface area contributed by atoms with Crippen molar-refractivity contribution >= 4 is 49.6 Å². The van der Waals surface area contributed by atoms with E-state index in [0.29, 0.717) is 0 Å². The smallest absolute Gasteiger partial charge is 0.0491 e. The van der Waals surface area contributed by atoms with Crippen molar-refractivity contribution in [2.45, 2.75) is 13.5 Å². The second-order valence-corrected chi connectivity index (χ2v) is 12.8. The summed E-state index contributed by atoms with van der Waals surface area (Å²) in [6.45, 7) is 3.17. The molecule has 0 saturated heterocycles. The molecule has 0 fully saturated rings. The number of fused-ring (bicyclic) bond motifs is 4. The fourth-order valence-corrected chi connectivity index (χ4v) is 7.61. The lowest BCUT2D eigenvalue weighted by Gasteiger charge is -2.26. The Morgan fingerprint density at radius 2 is 0.820 bits per heavy atom. The molecule has 9 rings (SSSR count). The first-order valence-corrected chi connectivity index (χ1v) is 17.4. The van der Waals surface area contributed by atoms with Crippen molar-refractivity contribution in [2.24, 2.45) is 0 Å². The summed E-state index contributed by atoms with van der Waals surface area (Å²) < 4.78 is 2.41. The molecule has 0 aliphatic heterocycles. The summed E-state index contributed by atoms with van der Waals surface area (Å²) in [6, 6.07) is 68.2. The van der Waals surface area contributed by atoms with Crippen molar-refractivity contribution in [1.82, 2.24) is 4.57 Å². The summed E-state index contributed by atoms with van der Waals surface area (Å²) in [6.07, 6.45) is 0. The van der Waals surface area contributed by atoms with Gasteiger partial charge in [0.2, 0.25) is 0 Å². The SMILES string of the molecule is CCn1c2ccccc2c2cc(-c3ccc(-c4ccc(N(c5ccccc5)c5ccc(-c6ccccc6)cc5)cc4)c4ccccc34)ccc21. The zero-order chi connectivity index (χ0) is 33.4. The van der Waals surface area contributed by atoms with E-state index >= 15 is 0 Å². The molecule has 0 radical (unpaired) electrons. The molecule has 1 aromatic heterocycles. The first kappa shape index (κ1) is 29.7. The Kier molecular flexibility index (Phi) is 7.48. The molecule has 0 atom stereocenters.